The van der Waals surface area contributed by atoms with Crippen LogP contribution in [0.3, 0.4) is 0 Å². The minimum absolute atomic E-state index is 0.208. The summed E-state index contributed by atoms with van der Waals surface area (Å²) in [5.74, 6) is -0.775. The molecule has 0 bridgehead atoms. The van der Waals surface area contributed by atoms with E-state index in [-0.39, 0.29) is 17.7 Å². The maximum Gasteiger partial charge on any atom is 0.234 e. The molecule has 0 spiro atoms. The molecule has 0 aliphatic carbocycles. The monoisotopic (exact) mass is 245 g/mol. The molecule has 1 aliphatic rings. The molecule has 1 saturated heterocycles. The van der Waals surface area contributed by atoms with Gasteiger partial charge in [0.15, 0.2) is 0 Å². The normalized spacial score (nSPS) is 20.2. The third kappa shape index (κ3) is 2.11. The van der Waals surface area contributed by atoms with Crippen molar-refractivity contribution in [1.29, 1.82) is 0 Å². The van der Waals surface area contributed by atoms with Gasteiger partial charge < -0.3 is 0 Å². The lowest BCUT2D eigenvalue weighted by Crippen LogP contribution is -2.39. The van der Waals surface area contributed by atoms with E-state index in [9.17, 15) is 9.59 Å². The fourth-order valence-corrected chi connectivity index (χ4v) is 2.12. The van der Waals surface area contributed by atoms with Gasteiger partial charge in [0.2, 0.25) is 11.8 Å². The van der Waals surface area contributed by atoms with Crippen molar-refractivity contribution in [1.82, 2.24) is 15.1 Å². The summed E-state index contributed by atoms with van der Waals surface area (Å²) in [6.45, 7) is 5.57. The quantitative estimate of drug-likeness (QED) is 0.821. The van der Waals surface area contributed by atoms with Crippen molar-refractivity contribution in [2.24, 2.45) is 0 Å². The van der Waals surface area contributed by atoms with Crippen LogP contribution < -0.4 is 5.32 Å². The largest absolute Gasteiger partial charge is 0.296 e. The fourth-order valence-electron chi connectivity index (χ4n) is 2.12. The zero-order valence-corrected chi connectivity index (χ0v) is 10.2. The smallest absolute Gasteiger partial charge is 0.234 e. The van der Waals surface area contributed by atoms with Crippen LogP contribution in [0.25, 0.3) is 12.3 Å². The number of nitrogens with zero attached hydrogens (tertiary/aromatic N) is 2. The Morgan fingerprint density at radius 2 is 2.33 bits per heavy atom. The van der Waals surface area contributed by atoms with Gasteiger partial charge in [0.25, 0.3) is 0 Å². The first-order chi connectivity index (χ1) is 8.67. The molecular weight excluding hydrogens is 230 g/mol. The van der Waals surface area contributed by atoms with Crippen molar-refractivity contribution in [3.05, 3.63) is 30.1 Å². The van der Waals surface area contributed by atoms with Crippen molar-refractivity contribution in [3.63, 3.8) is 0 Å². The Kier molecular flexibility index (Phi) is 3.41. The maximum atomic E-state index is 11.8. The van der Waals surface area contributed by atoms with E-state index in [0.717, 1.165) is 11.3 Å². The molecule has 5 heteroatoms. The van der Waals surface area contributed by atoms with E-state index in [4.69, 9.17) is 0 Å². The third-order valence-electron chi connectivity index (χ3n) is 2.98. The van der Waals surface area contributed by atoms with E-state index in [1.165, 1.54) is 0 Å². The van der Waals surface area contributed by atoms with Crippen LogP contribution in [0.1, 0.15) is 36.9 Å². The molecule has 1 N–H and O–H groups in total. The summed E-state index contributed by atoms with van der Waals surface area (Å²) in [4.78, 5) is 23.0. The van der Waals surface area contributed by atoms with Gasteiger partial charge in [0, 0.05) is 18.2 Å². The standard InChI is InChI=1S/C13H15N3O2/c1-3-5-11-10(8-14-16(11)4-2)9-6-7-12(17)15-13(9)18/h3-5,8-9H,2,6-7H2,1H3,(H,15,17,18)/b5-3-. The van der Waals surface area contributed by atoms with Crippen molar-refractivity contribution in [2.75, 3.05) is 0 Å². The Bertz CT molecular complexity index is 528. The third-order valence-corrected chi connectivity index (χ3v) is 2.98. The number of nitrogens with one attached hydrogen (secondary N) is 1. The van der Waals surface area contributed by atoms with Crippen molar-refractivity contribution >= 4 is 24.1 Å². The first-order valence-corrected chi connectivity index (χ1v) is 5.83. The van der Waals surface area contributed by atoms with Crippen molar-refractivity contribution in [2.45, 2.75) is 25.7 Å². The summed E-state index contributed by atoms with van der Waals surface area (Å²) in [5.41, 5.74) is 1.67. The van der Waals surface area contributed by atoms with Crippen LogP contribution in [0.4, 0.5) is 0 Å². The summed E-state index contributed by atoms with van der Waals surface area (Å²) in [6.07, 6.45) is 7.91. The molecule has 1 atom stereocenters. The molecule has 1 fully saturated rings. The summed E-state index contributed by atoms with van der Waals surface area (Å²) < 4.78 is 1.62. The van der Waals surface area contributed by atoms with E-state index in [1.54, 1.807) is 17.1 Å². The second kappa shape index (κ2) is 5.00. The van der Waals surface area contributed by atoms with Gasteiger partial charge in [-0.1, -0.05) is 12.7 Å². The van der Waals surface area contributed by atoms with Gasteiger partial charge in [-0.2, -0.15) is 5.10 Å². The second-order valence-electron chi connectivity index (χ2n) is 4.12. The lowest BCUT2D eigenvalue weighted by atomic mass is 9.90. The molecule has 2 amide bonds. The van der Waals surface area contributed by atoms with Crippen LogP contribution in [-0.4, -0.2) is 21.6 Å². The Morgan fingerprint density at radius 3 is 2.94 bits per heavy atom. The Hall–Kier alpha value is -2.17. The van der Waals surface area contributed by atoms with Crippen molar-refractivity contribution < 1.29 is 9.59 Å². The highest BCUT2D eigenvalue weighted by Gasteiger charge is 2.30. The molecule has 1 aromatic rings. The predicted octanol–water partition coefficient (Wildman–Crippen LogP) is 1.54. The van der Waals surface area contributed by atoms with Gasteiger partial charge in [0.1, 0.15) is 0 Å². The van der Waals surface area contributed by atoms with E-state index in [2.05, 4.69) is 17.0 Å². The molecule has 94 valence electrons. The molecule has 1 aromatic heterocycles. The molecular formula is C13H15N3O2. The van der Waals surface area contributed by atoms with Gasteiger partial charge in [-0.05, 0) is 19.4 Å². The molecule has 5 nitrogen and oxygen atoms in total. The summed E-state index contributed by atoms with van der Waals surface area (Å²) in [6, 6.07) is 0. The number of hydrogen-bond acceptors (Lipinski definition) is 3. The number of aromatic nitrogens is 2. The van der Waals surface area contributed by atoms with Crippen LogP contribution in [0, 0.1) is 0 Å². The SMILES string of the molecule is C=Cn1ncc(C2CCC(=O)NC2=O)c1/C=C\C. The number of carbonyl (C=O) groups is 2. The van der Waals surface area contributed by atoms with Gasteiger partial charge in [-0.3, -0.25) is 14.9 Å². The highest BCUT2D eigenvalue weighted by molar-refractivity contribution is 6.01. The molecule has 0 saturated carbocycles. The van der Waals surface area contributed by atoms with Gasteiger partial charge in [-0.25, -0.2) is 4.68 Å². The average Bonchev–Trinajstić information content (AvgIpc) is 2.73. The summed E-state index contributed by atoms with van der Waals surface area (Å²) in [5, 5.41) is 6.52. The van der Waals surface area contributed by atoms with E-state index >= 15 is 0 Å². The highest BCUT2D eigenvalue weighted by atomic mass is 16.2. The average molecular weight is 245 g/mol. The molecule has 1 unspecified atom stereocenters. The minimum atomic E-state index is -0.317. The number of piperidine rings is 1. The number of rotatable bonds is 3. The van der Waals surface area contributed by atoms with E-state index in [0.29, 0.717) is 12.8 Å². The molecule has 1 aliphatic heterocycles. The molecule has 0 radical (unpaired) electrons. The van der Waals surface area contributed by atoms with Gasteiger partial charge >= 0.3 is 0 Å². The number of amides is 2. The maximum absolute atomic E-state index is 11.8. The summed E-state index contributed by atoms with van der Waals surface area (Å²) >= 11 is 0. The zero-order chi connectivity index (χ0) is 13.1. The highest BCUT2D eigenvalue weighted by Crippen LogP contribution is 2.28. The van der Waals surface area contributed by atoms with Crippen LogP contribution >= 0.6 is 0 Å². The molecule has 18 heavy (non-hydrogen) atoms. The topological polar surface area (TPSA) is 64.0 Å². The van der Waals surface area contributed by atoms with Gasteiger partial charge in [0.05, 0.1) is 17.8 Å². The molecule has 2 heterocycles. The first kappa shape index (κ1) is 12.3. The Balaban J connectivity index is 2.38. The number of hydrogen-bond donors (Lipinski definition) is 1. The minimum Gasteiger partial charge on any atom is -0.296 e. The van der Waals surface area contributed by atoms with Crippen LogP contribution in [0.15, 0.2) is 18.9 Å². The van der Waals surface area contributed by atoms with E-state index in [1.807, 2.05) is 19.1 Å². The Morgan fingerprint density at radius 1 is 1.56 bits per heavy atom. The number of allylic oxidation sites excluding steroid dienone is 1. The zero-order valence-electron chi connectivity index (χ0n) is 10.2. The lowest BCUT2D eigenvalue weighted by molar-refractivity contribution is -0.134. The van der Waals surface area contributed by atoms with Gasteiger partial charge in [-0.15, -0.1) is 0 Å². The van der Waals surface area contributed by atoms with Crippen LogP contribution in [-0.2, 0) is 9.59 Å². The van der Waals surface area contributed by atoms with Crippen LogP contribution in [0.5, 0.6) is 0 Å². The second-order valence-corrected chi connectivity index (χ2v) is 4.12. The lowest BCUT2D eigenvalue weighted by Gasteiger charge is -2.20. The van der Waals surface area contributed by atoms with Crippen molar-refractivity contribution in [3.8, 4) is 0 Å². The number of imide groups is 1. The summed E-state index contributed by atoms with van der Waals surface area (Å²) in [7, 11) is 0. The number of carbonyl (C=O) groups excluding carboxylic acids is 2. The first-order valence-electron chi connectivity index (χ1n) is 5.83. The molecule has 2 rings (SSSR count). The predicted molar refractivity (Wildman–Crippen MR) is 68.4 cm³/mol. The molecule has 0 aromatic carbocycles. The Labute approximate surface area is 105 Å². The van der Waals surface area contributed by atoms with Crippen LogP contribution in [0.2, 0.25) is 0 Å². The van der Waals surface area contributed by atoms with E-state index < -0.39 is 0 Å². The fraction of sp³-hybridized carbons (Fsp3) is 0.308.